The van der Waals surface area contributed by atoms with Gasteiger partial charge in [0.1, 0.15) is 16.6 Å². The molecule has 1 aliphatic heterocycles. The number of carbonyl (C=O) groups excluding carboxylic acids is 1. The van der Waals surface area contributed by atoms with Gasteiger partial charge < -0.3 is 5.32 Å². The fourth-order valence-electron chi connectivity index (χ4n) is 3.75. The summed E-state index contributed by atoms with van der Waals surface area (Å²) in [5.74, 6) is -2.37. The molecule has 2 heterocycles. The maximum absolute atomic E-state index is 13.8. The Kier molecular flexibility index (Phi) is 6.82. The summed E-state index contributed by atoms with van der Waals surface area (Å²) in [5, 5.41) is 10.6. The lowest BCUT2D eigenvalue weighted by Crippen LogP contribution is -2.30. The predicted octanol–water partition coefficient (Wildman–Crippen LogP) is 4.55. The first kappa shape index (κ1) is 23.4. The van der Waals surface area contributed by atoms with E-state index in [-0.39, 0.29) is 15.6 Å². The molecule has 1 saturated heterocycles. The first-order valence-corrected chi connectivity index (χ1v) is 12.8. The zero-order chi connectivity index (χ0) is 23.6. The second-order valence-electron chi connectivity index (χ2n) is 7.69. The molecular weight excluding hydrogens is 470 g/mol. The molecule has 0 bridgehead atoms. The van der Waals surface area contributed by atoms with E-state index in [9.17, 15) is 22.0 Å². The summed E-state index contributed by atoms with van der Waals surface area (Å²) in [6, 6.07) is 9.15. The van der Waals surface area contributed by atoms with Crippen molar-refractivity contribution in [2.24, 2.45) is 0 Å². The molecular formula is C22H22F2N4O3S2. The van der Waals surface area contributed by atoms with Crippen LogP contribution < -0.4 is 5.32 Å². The van der Waals surface area contributed by atoms with Crippen molar-refractivity contribution >= 4 is 33.0 Å². The molecule has 7 nitrogen and oxygen atoms in total. The van der Waals surface area contributed by atoms with Crippen molar-refractivity contribution in [3.63, 3.8) is 0 Å². The summed E-state index contributed by atoms with van der Waals surface area (Å²) >= 11 is 0.954. The van der Waals surface area contributed by atoms with Crippen LogP contribution in [0.1, 0.15) is 52.6 Å². The van der Waals surface area contributed by atoms with Gasteiger partial charge in [-0.05, 0) is 49.1 Å². The average Bonchev–Trinajstić information content (AvgIpc) is 3.46. The first-order chi connectivity index (χ1) is 15.8. The fourth-order valence-corrected chi connectivity index (χ4v) is 6.37. The van der Waals surface area contributed by atoms with Crippen LogP contribution in [0.25, 0.3) is 0 Å². The van der Waals surface area contributed by atoms with E-state index in [1.165, 1.54) is 4.31 Å². The molecule has 1 atom stereocenters. The number of benzene rings is 2. The number of hydrogen-bond donors (Lipinski definition) is 1. The van der Waals surface area contributed by atoms with Crippen molar-refractivity contribution in [3.8, 4) is 0 Å². The van der Waals surface area contributed by atoms with Gasteiger partial charge in [0.15, 0.2) is 0 Å². The number of aromatic nitrogens is 2. The third-order valence-corrected chi connectivity index (χ3v) is 8.32. The number of anilines is 1. The van der Waals surface area contributed by atoms with E-state index in [1.54, 1.807) is 12.1 Å². The lowest BCUT2D eigenvalue weighted by atomic mass is 10.1. The van der Waals surface area contributed by atoms with Crippen LogP contribution in [-0.4, -0.2) is 35.4 Å². The van der Waals surface area contributed by atoms with Gasteiger partial charge in [0, 0.05) is 12.6 Å². The first-order valence-electron chi connectivity index (χ1n) is 10.5. The molecule has 1 aliphatic rings. The molecule has 0 radical (unpaired) electrons. The standard InChI is InChI=1S/C22H22F2N4O3S2/c1-2-4-14-6-9-16(10-7-14)33(30,31)28-12-3-5-19(28)21-26-27-22(32-21)20(29)25-18-11-8-15(23)13-17(18)24/h6-11,13,19H,2-5,12H2,1H3,(H,25,29)/t19-/m1/s1. The van der Waals surface area contributed by atoms with E-state index >= 15 is 0 Å². The van der Waals surface area contributed by atoms with E-state index in [1.807, 2.05) is 12.1 Å². The second kappa shape index (κ2) is 9.62. The van der Waals surface area contributed by atoms with Gasteiger partial charge in [-0.25, -0.2) is 17.2 Å². The van der Waals surface area contributed by atoms with Crippen LogP contribution in [0.15, 0.2) is 47.4 Å². The molecule has 11 heteroatoms. The summed E-state index contributed by atoms with van der Waals surface area (Å²) in [5.41, 5.74) is 0.890. The zero-order valence-corrected chi connectivity index (χ0v) is 19.4. The molecule has 1 N–H and O–H groups in total. The summed E-state index contributed by atoms with van der Waals surface area (Å²) < 4.78 is 54.8. The lowest BCUT2D eigenvalue weighted by Gasteiger charge is -2.22. The summed E-state index contributed by atoms with van der Waals surface area (Å²) in [7, 11) is -3.75. The van der Waals surface area contributed by atoms with E-state index in [2.05, 4.69) is 22.4 Å². The number of sulfonamides is 1. The molecule has 4 rings (SSSR count). The molecule has 174 valence electrons. The molecule has 1 fully saturated rings. The quantitative estimate of drug-likeness (QED) is 0.523. The lowest BCUT2D eigenvalue weighted by molar-refractivity contribution is 0.102. The van der Waals surface area contributed by atoms with Gasteiger partial charge in [-0.3, -0.25) is 4.79 Å². The maximum atomic E-state index is 13.8. The second-order valence-corrected chi connectivity index (χ2v) is 10.6. The van der Waals surface area contributed by atoms with Crippen LogP contribution >= 0.6 is 11.3 Å². The number of hydrogen-bond acceptors (Lipinski definition) is 6. The van der Waals surface area contributed by atoms with Gasteiger partial charge >= 0.3 is 0 Å². The van der Waals surface area contributed by atoms with Crippen molar-refractivity contribution in [2.45, 2.75) is 43.5 Å². The topological polar surface area (TPSA) is 92.3 Å². The molecule has 0 saturated carbocycles. The Hall–Kier alpha value is -2.76. The third kappa shape index (κ3) is 4.94. The van der Waals surface area contributed by atoms with E-state index in [4.69, 9.17) is 0 Å². The highest BCUT2D eigenvalue weighted by Gasteiger charge is 2.38. The average molecular weight is 493 g/mol. The van der Waals surface area contributed by atoms with Crippen LogP contribution in [0.2, 0.25) is 0 Å². The van der Waals surface area contributed by atoms with Crippen molar-refractivity contribution in [1.82, 2.24) is 14.5 Å². The van der Waals surface area contributed by atoms with Crippen LogP contribution in [-0.2, 0) is 16.4 Å². The normalized spacial score (nSPS) is 16.8. The zero-order valence-electron chi connectivity index (χ0n) is 17.8. The highest BCUT2D eigenvalue weighted by atomic mass is 32.2. The molecule has 1 aromatic heterocycles. The van der Waals surface area contributed by atoms with E-state index < -0.39 is 33.6 Å². The fraction of sp³-hybridized carbons (Fsp3) is 0.318. The number of nitrogens with one attached hydrogen (secondary N) is 1. The maximum Gasteiger partial charge on any atom is 0.286 e. The summed E-state index contributed by atoms with van der Waals surface area (Å²) in [4.78, 5) is 12.7. The number of aryl methyl sites for hydroxylation is 1. The third-order valence-electron chi connectivity index (χ3n) is 5.37. The smallest absolute Gasteiger partial charge is 0.286 e. The van der Waals surface area contributed by atoms with E-state index in [0.717, 1.165) is 41.9 Å². The van der Waals surface area contributed by atoms with Crippen LogP contribution in [0.3, 0.4) is 0 Å². The van der Waals surface area contributed by atoms with Crippen molar-refractivity contribution in [2.75, 3.05) is 11.9 Å². The van der Waals surface area contributed by atoms with Gasteiger partial charge in [-0.2, -0.15) is 4.31 Å². The molecule has 0 spiro atoms. The Morgan fingerprint density at radius 3 is 2.64 bits per heavy atom. The Bertz CT molecular complexity index is 1260. The number of rotatable bonds is 7. The minimum atomic E-state index is -3.75. The van der Waals surface area contributed by atoms with Gasteiger partial charge in [-0.15, -0.1) is 10.2 Å². The van der Waals surface area contributed by atoms with Crippen molar-refractivity contribution in [1.29, 1.82) is 0 Å². The Balaban J connectivity index is 1.52. The molecule has 2 aromatic carbocycles. The Labute approximate surface area is 194 Å². The van der Waals surface area contributed by atoms with Gasteiger partial charge in [0.25, 0.3) is 5.91 Å². The van der Waals surface area contributed by atoms with Crippen molar-refractivity contribution in [3.05, 3.63) is 69.7 Å². The highest BCUT2D eigenvalue weighted by molar-refractivity contribution is 7.89. The molecule has 0 aliphatic carbocycles. The van der Waals surface area contributed by atoms with Crippen molar-refractivity contribution < 1.29 is 22.0 Å². The van der Waals surface area contributed by atoms with Gasteiger partial charge in [0.2, 0.25) is 15.0 Å². The minimum absolute atomic E-state index is 0.0399. The van der Waals surface area contributed by atoms with Crippen LogP contribution in [0, 0.1) is 11.6 Å². The highest BCUT2D eigenvalue weighted by Crippen LogP contribution is 2.38. The number of carbonyl (C=O) groups is 1. The SMILES string of the molecule is CCCc1ccc(S(=O)(=O)N2CCC[C@@H]2c2nnc(C(=O)Nc3ccc(F)cc3F)s2)cc1. The molecule has 0 unspecified atom stereocenters. The Morgan fingerprint density at radius 1 is 1.18 bits per heavy atom. The number of amides is 1. The number of nitrogens with zero attached hydrogens (tertiary/aromatic N) is 3. The van der Waals surface area contributed by atoms with Crippen LogP contribution in [0.4, 0.5) is 14.5 Å². The predicted molar refractivity (Wildman–Crippen MR) is 121 cm³/mol. The van der Waals surface area contributed by atoms with Crippen LogP contribution in [0.5, 0.6) is 0 Å². The van der Waals surface area contributed by atoms with E-state index in [0.29, 0.717) is 30.5 Å². The number of halogens is 2. The molecule has 33 heavy (non-hydrogen) atoms. The minimum Gasteiger partial charge on any atom is -0.317 e. The molecule has 3 aromatic rings. The van der Waals surface area contributed by atoms with Gasteiger partial charge in [0.05, 0.1) is 16.6 Å². The van der Waals surface area contributed by atoms with Gasteiger partial charge in [-0.1, -0.05) is 36.8 Å². The largest absolute Gasteiger partial charge is 0.317 e. The monoisotopic (exact) mass is 492 g/mol. The summed E-state index contributed by atoms with van der Waals surface area (Å²) in [6.45, 7) is 2.40. The Morgan fingerprint density at radius 2 is 1.94 bits per heavy atom. The molecule has 1 amide bonds. The summed E-state index contributed by atoms with van der Waals surface area (Å²) in [6.07, 6.45) is 3.06.